The van der Waals surface area contributed by atoms with Crippen molar-refractivity contribution in [2.24, 2.45) is 0 Å². The van der Waals surface area contributed by atoms with Crippen LogP contribution in [-0.2, 0) is 11.3 Å². The van der Waals surface area contributed by atoms with Crippen molar-refractivity contribution in [2.45, 2.75) is 20.4 Å². The monoisotopic (exact) mass is 356 g/mol. The van der Waals surface area contributed by atoms with Crippen LogP contribution in [0.1, 0.15) is 27.0 Å². The summed E-state index contributed by atoms with van der Waals surface area (Å²) < 4.78 is 10.4. The topological polar surface area (TPSA) is 76.7 Å². The van der Waals surface area contributed by atoms with Crippen molar-refractivity contribution in [3.63, 3.8) is 0 Å². The molecule has 0 aromatic heterocycles. The van der Waals surface area contributed by atoms with Crippen LogP contribution in [0.2, 0.25) is 0 Å². The Hall–Kier alpha value is -3.02. The lowest BCUT2D eigenvalue weighted by Crippen LogP contribution is -2.36. The Morgan fingerprint density at radius 2 is 1.54 bits per heavy atom. The van der Waals surface area contributed by atoms with Gasteiger partial charge in [0.15, 0.2) is 11.5 Å². The van der Waals surface area contributed by atoms with Crippen molar-refractivity contribution in [3.05, 3.63) is 58.7 Å². The first kappa shape index (κ1) is 19.3. The molecule has 0 aliphatic carbocycles. The molecule has 0 unspecified atom stereocenters. The molecule has 0 bridgehead atoms. The minimum atomic E-state index is -0.266. The molecule has 2 N–H and O–H groups in total. The van der Waals surface area contributed by atoms with Gasteiger partial charge in [0.25, 0.3) is 5.91 Å². The summed E-state index contributed by atoms with van der Waals surface area (Å²) in [6.07, 6.45) is 0. The van der Waals surface area contributed by atoms with Gasteiger partial charge >= 0.3 is 0 Å². The number of carbonyl (C=O) groups is 2. The van der Waals surface area contributed by atoms with Crippen LogP contribution < -0.4 is 20.1 Å². The second-order valence-electron chi connectivity index (χ2n) is 6.03. The Kier molecular flexibility index (Phi) is 6.60. The highest BCUT2D eigenvalue weighted by atomic mass is 16.5. The number of hydrogen-bond acceptors (Lipinski definition) is 4. The lowest BCUT2D eigenvalue weighted by Gasteiger charge is -2.11. The van der Waals surface area contributed by atoms with E-state index in [4.69, 9.17) is 9.47 Å². The summed E-state index contributed by atoms with van der Waals surface area (Å²) in [5.41, 5.74) is 3.44. The molecule has 2 aromatic carbocycles. The van der Waals surface area contributed by atoms with Gasteiger partial charge in [-0.1, -0.05) is 23.3 Å². The number of carbonyl (C=O) groups excluding carboxylic acids is 2. The minimum Gasteiger partial charge on any atom is -0.493 e. The van der Waals surface area contributed by atoms with Crippen molar-refractivity contribution < 1.29 is 19.1 Å². The zero-order valence-corrected chi connectivity index (χ0v) is 15.5. The first-order valence-electron chi connectivity index (χ1n) is 8.27. The van der Waals surface area contributed by atoms with Gasteiger partial charge in [0.05, 0.1) is 20.8 Å². The van der Waals surface area contributed by atoms with Crippen LogP contribution in [0.25, 0.3) is 0 Å². The first-order valence-corrected chi connectivity index (χ1v) is 8.27. The normalized spacial score (nSPS) is 10.2. The summed E-state index contributed by atoms with van der Waals surface area (Å²) in [5.74, 6) is 0.696. The van der Waals surface area contributed by atoms with E-state index in [-0.39, 0.29) is 18.4 Å². The molecule has 138 valence electrons. The molecule has 6 nitrogen and oxygen atoms in total. The molecule has 2 aromatic rings. The molecule has 0 aliphatic rings. The van der Waals surface area contributed by atoms with Crippen molar-refractivity contribution in [1.29, 1.82) is 0 Å². The fourth-order valence-electron chi connectivity index (χ4n) is 2.62. The maximum Gasteiger partial charge on any atom is 0.251 e. The van der Waals surface area contributed by atoms with Gasteiger partial charge in [-0.15, -0.1) is 0 Å². The average Bonchev–Trinajstić information content (AvgIpc) is 2.63. The molecule has 0 spiro atoms. The average molecular weight is 356 g/mol. The maximum atomic E-state index is 12.2. The first-order chi connectivity index (χ1) is 12.4. The fraction of sp³-hybridized carbons (Fsp3) is 0.300. The molecule has 0 aliphatic heterocycles. The summed E-state index contributed by atoms with van der Waals surface area (Å²) >= 11 is 0. The fourth-order valence-corrected chi connectivity index (χ4v) is 2.62. The predicted octanol–water partition coefficient (Wildman–Crippen LogP) is 2.37. The van der Waals surface area contributed by atoms with E-state index < -0.39 is 0 Å². The van der Waals surface area contributed by atoms with E-state index in [9.17, 15) is 9.59 Å². The number of methoxy groups -OCH3 is 2. The molecule has 0 fully saturated rings. The molecule has 26 heavy (non-hydrogen) atoms. The van der Waals surface area contributed by atoms with Crippen LogP contribution in [0.5, 0.6) is 11.5 Å². The van der Waals surface area contributed by atoms with Crippen LogP contribution in [-0.4, -0.2) is 32.6 Å². The third-order valence-corrected chi connectivity index (χ3v) is 3.83. The third kappa shape index (κ3) is 5.24. The number of ether oxygens (including phenoxy) is 2. The molecular weight excluding hydrogens is 332 g/mol. The van der Waals surface area contributed by atoms with Gasteiger partial charge in [-0.05, 0) is 43.7 Å². The molecular formula is C20H24N2O4. The van der Waals surface area contributed by atoms with E-state index in [0.717, 1.165) is 16.7 Å². The molecule has 6 heteroatoms. The van der Waals surface area contributed by atoms with Crippen LogP contribution >= 0.6 is 0 Å². The van der Waals surface area contributed by atoms with Gasteiger partial charge in [0, 0.05) is 12.1 Å². The smallest absolute Gasteiger partial charge is 0.251 e. The van der Waals surface area contributed by atoms with Gasteiger partial charge in [0.1, 0.15) is 0 Å². The van der Waals surface area contributed by atoms with E-state index >= 15 is 0 Å². The van der Waals surface area contributed by atoms with Crippen molar-refractivity contribution >= 4 is 11.8 Å². The van der Waals surface area contributed by atoms with E-state index in [1.165, 1.54) is 0 Å². The standard InChI is InChI=1S/C20H24N2O4/c1-13-7-14(2)9-16(8-13)20(24)22-12-19(23)21-11-15-5-6-17(25-3)18(10-15)26-4/h5-10H,11-12H2,1-4H3,(H,21,23)(H,22,24). The summed E-state index contributed by atoms with van der Waals surface area (Å²) in [6, 6.07) is 11.0. The largest absolute Gasteiger partial charge is 0.493 e. The second-order valence-corrected chi connectivity index (χ2v) is 6.03. The Morgan fingerprint density at radius 3 is 2.15 bits per heavy atom. The highest BCUT2D eigenvalue weighted by Crippen LogP contribution is 2.27. The maximum absolute atomic E-state index is 12.2. The van der Waals surface area contributed by atoms with Gasteiger partial charge in [-0.25, -0.2) is 0 Å². The van der Waals surface area contributed by atoms with Crippen LogP contribution in [0, 0.1) is 13.8 Å². The van der Waals surface area contributed by atoms with Crippen molar-refractivity contribution in [3.8, 4) is 11.5 Å². The zero-order valence-electron chi connectivity index (χ0n) is 15.5. The van der Waals surface area contributed by atoms with E-state index in [1.807, 2.05) is 26.0 Å². The molecule has 2 amide bonds. The summed E-state index contributed by atoms with van der Waals surface area (Å²) in [7, 11) is 3.13. The van der Waals surface area contributed by atoms with E-state index in [0.29, 0.717) is 23.6 Å². The summed E-state index contributed by atoms with van der Waals surface area (Å²) in [4.78, 5) is 24.1. The predicted molar refractivity (Wildman–Crippen MR) is 99.6 cm³/mol. The van der Waals surface area contributed by atoms with Gasteiger partial charge in [-0.3, -0.25) is 9.59 Å². The lowest BCUT2D eigenvalue weighted by atomic mass is 10.1. The highest BCUT2D eigenvalue weighted by molar-refractivity contribution is 5.96. The number of benzene rings is 2. The minimum absolute atomic E-state index is 0.0842. The second kappa shape index (κ2) is 8.89. The lowest BCUT2D eigenvalue weighted by molar-refractivity contribution is -0.120. The third-order valence-electron chi connectivity index (χ3n) is 3.83. The SMILES string of the molecule is COc1ccc(CNC(=O)CNC(=O)c2cc(C)cc(C)c2)cc1OC. The Labute approximate surface area is 153 Å². The summed E-state index contributed by atoms with van der Waals surface area (Å²) in [6.45, 7) is 4.11. The molecule has 0 saturated carbocycles. The molecule has 0 atom stereocenters. The molecule has 0 heterocycles. The Morgan fingerprint density at radius 1 is 0.885 bits per heavy atom. The molecule has 2 rings (SSSR count). The van der Waals surface area contributed by atoms with Crippen LogP contribution in [0.15, 0.2) is 36.4 Å². The van der Waals surface area contributed by atoms with Crippen molar-refractivity contribution in [2.75, 3.05) is 20.8 Å². The molecule has 0 saturated heterocycles. The number of amides is 2. The number of aryl methyl sites for hydroxylation is 2. The summed E-state index contributed by atoms with van der Waals surface area (Å²) in [5, 5.41) is 5.40. The van der Waals surface area contributed by atoms with Crippen molar-refractivity contribution in [1.82, 2.24) is 10.6 Å². The Balaban J connectivity index is 1.86. The number of nitrogens with one attached hydrogen (secondary N) is 2. The number of rotatable bonds is 7. The molecule has 0 radical (unpaired) electrons. The van der Waals surface area contributed by atoms with E-state index in [1.54, 1.807) is 38.5 Å². The number of hydrogen-bond donors (Lipinski definition) is 2. The zero-order chi connectivity index (χ0) is 19.1. The highest BCUT2D eigenvalue weighted by Gasteiger charge is 2.10. The van der Waals surface area contributed by atoms with Crippen LogP contribution in [0.4, 0.5) is 0 Å². The van der Waals surface area contributed by atoms with Crippen LogP contribution in [0.3, 0.4) is 0 Å². The van der Waals surface area contributed by atoms with E-state index in [2.05, 4.69) is 10.6 Å². The van der Waals surface area contributed by atoms with Gasteiger partial charge in [0.2, 0.25) is 5.91 Å². The quantitative estimate of drug-likeness (QED) is 0.798. The Bertz CT molecular complexity index is 782. The van der Waals surface area contributed by atoms with Gasteiger partial charge in [-0.2, -0.15) is 0 Å². The van der Waals surface area contributed by atoms with Gasteiger partial charge < -0.3 is 20.1 Å².